The molecule has 2 aromatic rings. The molecule has 2 rings (SSSR count). The Morgan fingerprint density at radius 2 is 2.29 bits per heavy atom. The third-order valence-corrected chi connectivity index (χ3v) is 3.64. The Kier molecular flexibility index (Phi) is 3.21. The lowest BCUT2D eigenvalue weighted by Crippen LogP contribution is -1.79. The summed E-state index contributed by atoms with van der Waals surface area (Å²) >= 11 is 10.8. The maximum absolute atomic E-state index is 5.77. The first-order valence-electron chi connectivity index (χ1n) is 4.06. The molecule has 0 aliphatic carbocycles. The van der Waals surface area contributed by atoms with Gasteiger partial charge in [-0.15, -0.1) is 22.9 Å². The van der Waals surface area contributed by atoms with Crippen LogP contribution in [-0.4, -0.2) is 4.98 Å². The normalized spacial score (nSPS) is 10.4. The highest BCUT2D eigenvalue weighted by atomic mass is 79.9. The summed E-state index contributed by atoms with van der Waals surface area (Å²) in [5.41, 5.74) is 2.24. The molecular formula is C10H7BrClNS. The van der Waals surface area contributed by atoms with Crippen molar-refractivity contribution in [2.45, 2.75) is 5.88 Å². The molecule has 0 radical (unpaired) electrons. The summed E-state index contributed by atoms with van der Waals surface area (Å²) < 4.78 is 1.05. The van der Waals surface area contributed by atoms with Gasteiger partial charge in [0.05, 0.1) is 9.98 Å². The number of nitrogens with zero attached hydrogens (tertiary/aromatic N) is 1. The molecule has 0 unspecified atom stereocenters. The van der Waals surface area contributed by atoms with E-state index in [0.717, 1.165) is 19.9 Å². The van der Waals surface area contributed by atoms with Crippen LogP contribution in [0.25, 0.3) is 10.6 Å². The summed E-state index contributed by atoms with van der Waals surface area (Å²) in [4.78, 5) is 4.29. The van der Waals surface area contributed by atoms with Gasteiger partial charge in [0.1, 0.15) is 5.01 Å². The second kappa shape index (κ2) is 4.43. The Bertz CT molecular complexity index is 441. The van der Waals surface area contributed by atoms with Crippen molar-refractivity contribution >= 4 is 38.9 Å². The summed E-state index contributed by atoms with van der Waals surface area (Å²) in [6, 6.07) is 8.13. The van der Waals surface area contributed by atoms with Crippen LogP contribution in [0.15, 0.2) is 34.2 Å². The number of benzene rings is 1. The highest BCUT2D eigenvalue weighted by molar-refractivity contribution is 9.11. The number of hydrogen-bond donors (Lipinski definition) is 0. The summed E-state index contributed by atoms with van der Waals surface area (Å²) in [6.07, 6.45) is 1.81. The minimum absolute atomic E-state index is 0.542. The molecule has 1 aromatic heterocycles. The van der Waals surface area contributed by atoms with Gasteiger partial charge in [-0.05, 0) is 27.6 Å². The Morgan fingerprint density at radius 3 is 2.93 bits per heavy atom. The molecule has 4 heteroatoms. The Labute approximate surface area is 99.9 Å². The maximum atomic E-state index is 5.77. The van der Waals surface area contributed by atoms with Crippen molar-refractivity contribution in [2.75, 3.05) is 0 Å². The standard InChI is InChI=1S/C10H7BrClNS/c11-9-6-13-10(14-9)8-3-1-2-7(4-8)5-12/h1-4,6H,5H2. The number of aromatic nitrogens is 1. The van der Waals surface area contributed by atoms with E-state index < -0.39 is 0 Å². The third kappa shape index (κ3) is 2.16. The molecule has 0 bridgehead atoms. The SMILES string of the molecule is ClCc1cccc(-c2ncc(Br)s2)c1. The molecule has 72 valence electrons. The van der Waals surface area contributed by atoms with Crippen LogP contribution in [0.4, 0.5) is 0 Å². The quantitative estimate of drug-likeness (QED) is 0.750. The number of alkyl halides is 1. The van der Waals surface area contributed by atoms with Gasteiger partial charge in [0, 0.05) is 11.4 Å². The van der Waals surface area contributed by atoms with Gasteiger partial charge in [-0.1, -0.05) is 18.2 Å². The Morgan fingerprint density at radius 1 is 1.43 bits per heavy atom. The zero-order valence-electron chi connectivity index (χ0n) is 7.21. The van der Waals surface area contributed by atoms with E-state index in [1.165, 1.54) is 0 Å². The molecule has 1 nitrogen and oxygen atoms in total. The fourth-order valence-corrected chi connectivity index (χ4v) is 2.54. The minimum atomic E-state index is 0.542. The van der Waals surface area contributed by atoms with Crippen LogP contribution in [0.2, 0.25) is 0 Å². The van der Waals surface area contributed by atoms with E-state index in [2.05, 4.69) is 27.0 Å². The average Bonchev–Trinajstić information content (AvgIpc) is 2.65. The molecule has 0 aliphatic rings. The molecule has 0 saturated carbocycles. The van der Waals surface area contributed by atoms with Crippen molar-refractivity contribution in [2.24, 2.45) is 0 Å². The first-order chi connectivity index (χ1) is 6.79. The summed E-state index contributed by atoms with van der Waals surface area (Å²) in [7, 11) is 0. The van der Waals surface area contributed by atoms with Gasteiger partial charge in [-0.2, -0.15) is 0 Å². The van der Waals surface area contributed by atoms with Crippen molar-refractivity contribution in [3.63, 3.8) is 0 Å². The second-order valence-corrected chi connectivity index (χ2v) is 5.48. The monoisotopic (exact) mass is 287 g/mol. The predicted octanol–water partition coefficient (Wildman–Crippen LogP) is 4.31. The zero-order valence-corrected chi connectivity index (χ0v) is 10.4. The lowest BCUT2D eigenvalue weighted by atomic mass is 10.1. The van der Waals surface area contributed by atoms with Crippen LogP contribution in [0.3, 0.4) is 0 Å². The van der Waals surface area contributed by atoms with Gasteiger partial charge in [0.2, 0.25) is 0 Å². The van der Waals surface area contributed by atoms with E-state index >= 15 is 0 Å². The number of halogens is 2. The Balaban J connectivity index is 2.41. The highest BCUT2D eigenvalue weighted by Crippen LogP contribution is 2.28. The molecule has 0 spiro atoms. The van der Waals surface area contributed by atoms with Crippen molar-refractivity contribution in [3.05, 3.63) is 39.8 Å². The first kappa shape index (κ1) is 10.1. The average molecular weight is 289 g/mol. The molecule has 1 heterocycles. The van der Waals surface area contributed by atoms with E-state index in [4.69, 9.17) is 11.6 Å². The topological polar surface area (TPSA) is 12.9 Å². The summed E-state index contributed by atoms with van der Waals surface area (Å²) in [5.74, 6) is 0.542. The molecule has 0 amide bonds. The molecule has 1 aromatic carbocycles. The number of thiazole rings is 1. The fraction of sp³-hybridized carbons (Fsp3) is 0.100. The molecular weight excluding hydrogens is 282 g/mol. The van der Waals surface area contributed by atoms with Crippen LogP contribution in [0, 0.1) is 0 Å². The lowest BCUT2D eigenvalue weighted by molar-refractivity contribution is 1.37. The summed E-state index contributed by atoms with van der Waals surface area (Å²) in [6.45, 7) is 0. The van der Waals surface area contributed by atoms with Crippen LogP contribution in [-0.2, 0) is 5.88 Å². The largest absolute Gasteiger partial charge is 0.243 e. The van der Waals surface area contributed by atoms with E-state index in [-0.39, 0.29) is 0 Å². The van der Waals surface area contributed by atoms with Crippen molar-refractivity contribution in [3.8, 4) is 10.6 Å². The van der Waals surface area contributed by atoms with Crippen molar-refractivity contribution in [1.82, 2.24) is 4.98 Å². The van der Waals surface area contributed by atoms with E-state index in [0.29, 0.717) is 5.88 Å². The van der Waals surface area contributed by atoms with Crippen molar-refractivity contribution < 1.29 is 0 Å². The molecule has 0 aliphatic heterocycles. The zero-order chi connectivity index (χ0) is 9.97. The molecule has 0 saturated heterocycles. The van der Waals surface area contributed by atoms with Crippen LogP contribution in [0.1, 0.15) is 5.56 Å². The van der Waals surface area contributed by atoms with Gasteiger partial charge in [0.25, 0.3) is 0 Å². The van der Waals surface area contributed by atoms with Crippen molar-refractivity contribution in [1.29, 1.82) is 0 Å². The fourth-order valence-electron chi connectivity index (χ4n) is 1.18. The summed E-state index contributed by atoms with van der Waals surface area (Å²) in [5, 5.41) is 1.02. The van der Waals surface area contributed by atoms with Gasteiger partial charge in [-0.25, -0.2) is 4.98 Å². The third-order valence-electron chi connectivity index (χ3n) is 1.81. The maximum Gasteiger partial charge on any atom is 0.124 e. The van der Waals surface area contributed by atoms with E-state index in [9.17, 15) is 0 Å². The smallest absolute Gasteiger partial charge is 0.124 e. The van der Waals surface area contributed by atoms with Crippen LogP contribution >= 0.6 is 38.9 Å². The van der Waals surface area contributed by atoms with Gasteiger partial charge in [-0.3, -0.25) is 0 Å². The lowest BCUT2D eigenvalue weighted by Gasteiger charge is -1.98. The van der Waals surface area contributed by atoms with E-state index in [1.807, 2.05) is 24.4 Å². The predicted molar refractivity (Wildman–Crippen MR) is 64.8 cm³/mol. The van der Waals surface area contributed by atoms with Gasteiger partial charge in [0.15, 0.2) is 0 Å². The molecule has 0 N–H and O–H groups in total. The molecule has 0 atom stereocenters. The van der Waals surface area contributed by atoms with Gasteiger partial charge >= 0.3 is 0 Å². The second-order valence-electron chi connectivity index (χ2n) is 2.80. The number of rotatable bonds is 2. The Hall–Kier alpha value is -0.380. The number of hydrogen-bond acceptors (Lipinski definition) is 2. The first-order valence-corrected chi connectivity index (χ1v) is 6.20. The molecule has 14 heavy (non-hydrogen) atoms. The van der Waals surface area contributed by atoms with Gasteiger partial charge < -0.3 is 0 Å². The van der Waals surface area contributed by atoms with Crippen LogP contribution < -0.4 is 0 Å². The minimum Gasteiger partial charge on any atom is -0.243 e. The highest BCUT2D eigenvalue weighted by Gasteiger charge is 2.03. The van der Waals surface area contributed by atoms with Crippen LogP contribution in [0.5, 0.6) is 0 Å². The van der Waals surface area contributed by atoms with E-state index in [1.54, 1.807) is 11.3 Å². The molecule has 0 fully saturated rings.